The van der Waals surface area contributed by atoms with E-state index in [1.165, 1.54) is 11.4 Å². The van der Waals surface area contributed by atoms with Crippen molar-refractivity contribution in [3.05, 3.63) is 30.3 Å². The molecular formula is C12H17NO3S. The highest BCUT2D eigenvalue weighted by Crippen LogP contribution is 2.15. The van der Waals surface area contributed by atoms with Gasteiger partial charge in [-0.1, -0.05) is 25.1 Å². The summed E-state index contributed by atoms with van der Waals surface area (Å²) in [5.41, 5.74) is 0. The fraction of sp³-hybridized carbons (Fsp3) is 0.417. The van der Waals surface area contributed by atoms with Crippen LogP contribution in [0.15, 0.2) is 35.2 Å². The van der Waals surface area contributed by atoms with E-state index in [1.54, 1.807) is 30.3 Å². The maximum absolute atomic E-state index is 12.1. The van der Waals surface area contributed by atoms with Gasteiger partial charge in [0.2, 0.25) is 10.0 Å². The minimum atomic E-state index is -3.43. The molecule has 1 rings (SSSR count). The first-order chi connectivity index (χ1) is 7.98. The Bertz CT molecular complexity index is 456. The second-order valence-electron chi connectivity index (χ2n) is 4.11. The monoisotopic (exact) mass is 255 g/mol. The Hall–Kier alpha value is -1.20. The minimum absolute atomic E-state index is 0.0241. The molecule has 5 heteroatoms. The number of carbonyl (C=O) groups is 1. The van der Waals surface area contributed by atoms with E-state index in [0.29, 0.717) is 13.0 Å². The highest BCUT2D eigenvalue weighted by Gasteiger charge is 2.21. The molecule has 0 amide bonds. The van der Waals surface area contributed by atoms with Crippen LogP contribution in [0.4, 0.5) is 0 Å². The molecule has 94 valence electrons. The van der Waals surface area contributed by atoms with Gasteiger partial charge >= 0.3 is 0 Å². The van der Waals surface area contributed by atoms with Gasteiger partial charge in [-0.05, 0) is 18.1 Å². The van der Waals surface area contributed by atoms with Gasteiger partial charge in [-0.25, -0.2) is 12.7 Å². The topological polar surface area (TPSA) is 54.5 Å². The molecule has 0 radical (unpaired) electrons. The third kappa shape index (κ3) is 3.64. The Balaban J connectivity index is 2.81. The lowest BCUT2D eigenvalue weighted by Gasteiger charge is -2.20. The Labute approximate surface area is 102 Å². The van der Waals surface area contributed by atoms with Crippen LogP contribution in [0, 0.1) is 5.92 Å². The molecule has 0 saturated heterocycles. The molecule has 1 aromatic carbocycles. The van der Waals surface area contributed by atoms with Gasteiger partial charge in [0, 0.05) is 20.0 Å². The van der Waals surface area contributed by atoms with Crippen LogP contribution in [-0.2, 0) is 14.8 Å². The molecular weight excluding hydrogens is 238 g/mol. The smallest absolute Gasteiger partial charge is 0.242 e. The van der Waals surface area contributed by atoms with Crippen LogP contribution in [0.2, 0.25) is 0 Å². The number of benzene rings is 1. The summed E-state index contributed by atoms with van der Waals surface area (Å²) in [4.78, 5) is 10.6. The molecule has 0 aliphatic rings. The van der Waals surface area contributed by atoms with E-state index in [-0.39, 0.29) is 10.8 Å². The molecule has 0 aromatic heterocycles. The Morgan fingerprint density at radius 1 is 1.29 bits per heavy atom. The van der Waals surface area contributed by atoms with Crippen LogP contribution in [0.25, 0.3) is 0 Å². The van der Waals surface area contributed by atoms with Crippen molar-refractivity contribution in [2.75, 3.05) is 13.6 Å². The maximum Gasteiger partial charge on any atom is 0.242 e. The number of rotatable bonds is 6. The molecule has 4 nitrogen and oxygen atoms in total. The van der Waals surface area contributed by atoms with Crippen LogP contribution in [-0.4, -0.2) is 32.6 Å². The average Bonchev–Trinajstić information content (AvgIpc) is 2.30. The van der Waals surface area contributed by atoms with Gasteiger partial charge in [0.05, 0.1) is 4.90 Å². The van der Waals surface area contributed by atoms with Crippen LogP contribution in [0.1, 0.15) is 13.3 Å². The first kappa shape index (κ1) is 13.9. The number of hydrogen-bond donors (Lipinski definition) is 0. The molecule has 0 heterocycles. The highest BCUT2D eigenvalue weighted by molar-refractivity contribution is 7.89. The molecule has 0 spiro atoms. The van der Waals surface area contributed by atoms with Crippen molar-refractivity contribution in [2.45, 2.75) is 18.2 Å². The number of aldehydes is 1. The SMILES string of the molecule is CC(CC=O)CN(C)S(=O)(=O)c1ccccc1. The van der Waals surface area contributed by atoms with Crippen LogP contribution >= 0.6 is 0 Å². The van der Waals surface area contributed by atoms with Gasteiger partial charge in [-0.15, -0.1) is 0 Å². The molecule has 1 unspecified atom stereocenters. The largest absolute Gasteiger partial charge is 0.303 e. The minimum Gasteiger partial charge on any atom is -0.303 e. The molecule has 1 atom stereocenters. The fourth-order valence-electron chi connectivity index (χ4n) is 1.55. The lowest BCUT2D eigenvalue weighted by atomic mass is 10.1. The van der Waals surface area contributed by atoms with Crippen LogP contribution < -0.4 is 0 Å². The molecule has 0 bridgehead atoms. The van der Waals surface area contributed by atoms with Crippen molar-refractivity contribution < 1.29 is 13.2 Å². The van der Waals surface area contributed by atoms with Gasteiger partial charge in [-0.3, -0.25) is 0 Å². The molecule has 0 aliphatic heterocycles. The summed E-state index contributed by atoms with van der Waals surface area (Å²) in [6.07, 6.45) is 1.18. The lowest BCUT2D eigenvalue weighted by Crippen LogP contribution is -2.31. The Morgan fingerprint density at radius 2 is 1.88 bits per heavy atom. The van der Waals surface area contributed by atoms with Crippen molar-refractivity contribution in [1.82, 2.24) is 4.31 Å². The first-order valence-corrected chi connectivity index (χ1v) is 6.87. The second kappa shape index (κ2) is 5.93. The van der Waals surface area contributed by atoms with Gasteiger partial charge < -0.3 is 4.79 Å². The van der Waals surface area contributed by atoms with Crippen molar-refractivity contribution >= 4 is 16.3 Å². The van der Waals surface area contributed by atoms with Gasteiger partial charge in [-0.2, -0.15) is 0 Å². The number of hydrogen-bond acceptors (Lipinski definition) is 3. The zero-order valence-electron chi connectivity index (χ0n) is 10.0. The predicted octanol–water partition coefficient (Wildman–Crippen LogP) is 1.53. The van der Waals surface area contributed by atoms with Gasteiger partial charge in [0.15, 0.2) is 0 Å². The van der Waals surface area contributed by atoms with E-state index in [1.807, 2.05) is 6.92 Å². The normalized spacial score (nSPS) is 13.6. The Kier molecular flexibility index (Phi) is 4.84. The molecule has 0 fully saturated rings. The fourth-order valence-corrected chi connectivity index (χ4v) is 2.86. The predicted molar refractivity (Wildman–Crippen MR) is 66.1 cm³/mol. The molecule has 1 aromatic rings. The van der Waals surface area contributed by atoms with E-state index in [4.69, 9.17) is 0 Å². The zero-order chi connectivity index (χ0) is 12.9. The average molecular weight is 255 g/mol. The summed E-state index contributed by atoms with van der Waals surface area (Å²) >= 11 is 0. The van der Waals surface area contributed by atoms with Gasteiger partial charge in [0.1, 0.15) is 6.29 Å². The summed E-state index contributed by atoms with van der Waals surface area (Å²) in [5, 5.41) is 0. The van der Waals surface area contributed by atoms with Crippen LogP contribution in [0.3, 0.4) is 0 Å². The summed E-state index contributed by atoms with van der Waals surface area (Å²) < 4.78 is 25.5. The Morgan fingerprint density at radius 3 is 2.41 bits per heavy atom. The summed E-state index contributed by atoms with van der Waals surface area (Å²) in [5.74, 6) is 0.0241. The summed E-state index contributed by atoms with van der Waals surface area (Å²) in [6.45, 7) is 2.20. The second-order valence-corrected chi connectivity index (χ2v) is 6.15. The maximum atomic E-state index is 12.1. The summed E-state index contributed by atoms with van der Waals surface area (Å²) in [7, 11) is -1.90. The van der Waals surface area contributed by atoms with Crippen molar-refractivity contribution in [3.8, 4) is 0 Å². The number of carbonyl (C=O) groups excluding carboxylic acids is 1. The zero-order valence-corrected chi connectivity index (χ0v) is 10.9. The third-order valence-electron chi connectivity index (χ3n) is 2.52. The standard InChI is InChI=1S/C12H17NO3S/c1-11(8-9-14)10-13(2)17(15,16)12-6-4-3-5-7-12/h3-7,9,11H,8,10H2,1-2H3. The molecule has 0 aliphatic carbocycles. The quantitative estimate of drug-likeness (QED) is 0.724. The first-order valence-electron chi connectivity index (χ1n) is 5.43. The third-order valence-corrected chi connectivity index (χ3v) is 4.36. The summed E-state index contributed by atoms with van der Waals surface area (Å²) in [6, 6.07) is 8.28. The van der Waals surface area contributed by atoms with Crippen LogP contribution in [0.5, 0.6) is 0 Å². The van der Waals surface area contributed by atoms with Crippen molar-refractivity contribution in [3.63, 3.8) is 0 Å². The molecule has 0 N–H and O–H groups in total. The molecule has 0 saturated carbocycles. The van der Waals surface area contributed by atoms with E-state index >= 15 is 0 Å². The van der Waals surface area contributed by atoms with Gasteiger partial charge in [0.25, 0.3) is 0 Å². The van der Waals surface area contributed by atoms with Crippen molar-refractivity contribution in [2.24, 2.45) is 5.92 Å². The van der Waals surface area contributed by atoms with E-state index in [2.05, 4.69) is 0 Å². The van der Waals surface area contributed by atoms with E-state index in [9.17, 15) is 13.2 Å². The van der Waals surface area contributed by atoms with E-state index < -0.39 is 10.0 Å². The molecule has 17 heavy (non-hydrogen) atoms. The lowest BCUT2D eigenvalue weighted by molar-refractivity contribution is -0.108. The number of sulfonamides is 1. The van der Waals surface area contributed by atoms with Crippen molar-refractivity contribution in [1.29, 1.82) is 0 Å². The van der Waals surface area contributed by atoms with E-state index in [0.717, 1.165) is 6.29 Å². The number of nitrogens with zero attached hydrogens (tertiary/aromatic N) is 1. The highest BCUT2D eigenvalue weighted by atomic mass is 32.2.